The van der Waals surface area contributed by atoms with Gasteiger partial charge in [-0.1, -0.05) is 18.2 Å². The van der Waals surface area contributed by atoms with E-state index in [9.17, 15) is 9.18 Å². The van der Waals surface area contributed by atoms with Crippen LogP contribution in [0.25, 0.3) is 0 Å². The lowest BCUT2D eigenvalue weighted by atomic mass is 9.83. The van der Waals surface area contributed by atoms with Crippen molar-refractivity contribution >= 4 is 11.7 Å². The Labute approximate surface area is 153 Å². The molecule has 1 atom stereocenters. The fourth-order valence-electron chi connectivity index (χ4n) is 3.25. The highest BCUT2D eigenvalue weighted by Crippen LogP contribution is 2.38. The van der Waals surface area contributed by atoms with Gasteiger partial charge in [-0.3, -0.25) is 0 Å². The van der Waals surface area contributed by atoms with Crippen molar-refractivity contribution in [2.75, 3.05) is 25.7 Å². The molecule has 0 radical (unpaired) electrons. The number of hydrogen-bond donors (Lipinski definition) is 0. The molecule has 0 aliphatic rings. The fraction of sp³-hybridized carbons (Fsp3) is 0.286. The van der Waals surface area contributed by atoms with Crippen molar-refractivity contribution < 1.29 is 18.7 Å². The van der Waals surface area contributed by atoms with E-state index in [4.69, 9.17) is 9.47 Å². The maximum atomic E-state index is 14.0. The van der Waals surface area contributed by atoms with E-state index in [1.54, 1.807) is 25.3 Å². The van der Waals surface area contributed by atoms with Crippen LogP contribution in [0.1, 0.15) is 18.9 Å². The Bertz CT molecular complexity index is 760. The standard InChI is InChI=1S/C21H24FNO3/c1-5-14-21(20(24)26-4,16-8-7-9-17(22)15-16)23(6-2)18-10-12-19(25-3)13-11-18/h5,7-13,15H,1,6,14H2,2-4H3. The summed E-state index contributed by atoms with van der Waals surface area (Å²) in [4.78, 5) is 14.9. The molecule has 2 rings (SSSR count). The first-order valence-corrected chi connectivity index (χ1v) is 8.40. The molecule has 26 heavy (non-hydrogen) atoms. The second-order valence-corrected chi connectivity index (χ2v) is 5.80. The first-order valence-electron chi connectivity index (χ1n) is 8.40. The summed E-state index contributed by atoms with van der Waals surface area (Å²) in [6.07, 6.45) is 1.91. The average Bonchev–Trinajstić information content (AvgIpc) is 2.67. The molecule has 1 unspecified atom stereocenters. The number of likely N-dealkylation sites (N-methyl/N-ethyl adjacent to an activating group) is 1. The van der Waals surface area contributed by atoms with E-state index < -0.39 is 17.3 Å². The Hall–Kier alpha value is -2.82. The number of benzene rings is 2. The second kappa shape index (κ2) is 8.52. The zero-order valence-corrected chi connectivity index (χ0v) is 15.4. The van der Waals surface area contributed by atoms with Crippen LogP contribution in [0.4, 0.5) is 10.1 Å². The third-order valence-corrected chi connectivity index (χ3v) is 4.43. The van der Waals surface area contributed by atoms with Gasteiger partial charge in [-0.2, -0.15) is 0 Å². The van der Waals surface area contributed by atoms with Crippen LogP contribution in [0.3, 0.4) is 0 Å². The molecule has 0 aliphatic carbocycles. The Morgan fingerprint density at radius 2 is 1.92 bits per heavy atom. The number of rotatable bonds is 8. The SMILES string of the molecule is C=CCC(C(=O)OC)(c1cccc(F)c1)N(CC)c1ccc(OC)cc1. The van der Waals surface area contributed by atoms with Gasteiger partial charge in [-0.15, -0.1) is 6.58 Å². The van der Waals surface area contributed by atoms with Gasteiger partial charge in [0.2, 0.25) is 0 Å². The lowest BCUT2D eigenvalue weighted by Gasteiger charge is -2.42. The lowest BCUT2D eigenvalue weighted by Crippen LogP contribution is -2.53. The van der Waals surface area contributed by atoms with Crippen LogP contribution in [-0.4, -0.2) is 26.7 Å². The quantitative estimate of drug-likeness (QED) is 0.521. The zero-order valence-electron chi connectivity index (χ0n) is 15.4. The molecular weight excluding hydrogens is 333 g/mol. The van der Waals surface area contributed by atoms with Crippen molar-refractivity contribution in [3.63, 3.8) is 0 Å². The number of halogens is 1. The molecule has 2 aromatic rings. The summed E-state index contributed by atoms with van der Waals surface area (Å²) in [5.74, 6) is -0.172. The largest absolute Gasteiger partial charge is 0.497 e. The molecule has 0 fully saturated rings. The summed E-state index contributed by atoms with van der Waals surface area (Å²) < 4.78 is 24.3. The van der Waals surface area contributed by atoms with E-state index in [1.807, 2.05) is 36.1 Å². The number of carbonyl (C=O) groups is 1. The van der Waals surface area contributed by atoms with Crippen LogP contribution in [-0.2, 0) is 15.1 Å². The molecule has 2 aromatic carbocycles. The third kappa shape index (κ3) is 3.57. The summed E-state index contributed by atoms with van der Waals surface area (Å²) in [6, 6.07) is 13.4. The summed E-state index contributed by atoms with van der Waals surface area (Å²) in [7, 11) is 2.93. The van der Waals surface area contributed by atoms with E-state index in [0.717, 1.165) is 5.69 Å². The van der Waals surface area contributed by atoms with Gasteiger partial charge in [0.25, 0.3) is 0 Å². The predicted octanol–water partition coefficient (Wildman–Crippen LogP) is 4.31. The van der Waals surface area contributed by atoms with Gasteiger partial charge in [0.05, 0.1) is 14.2 Å². The molecule has 0 saturated carbocycles. The van der Waals surface area contributed by atoms with Crippen molar-refractivity contribution in [2.24, 2.45) is 0 Å². The molecule has 0 N–H and O–H groups in total. The van der Waals surface area contributed by atoms with Crippen LogP contribution in [0.15, 0.2) is 61.2 Å². The van der Waals surface area contributed by atoms with Crippen LogP contribution in [0.5, 0.6) is 5.75 Å². The molecule has 0 saturated heterocycles. The Morgan fingerprint density at radius 1 is 1.23 bits per heavy atom. The highest BCUT2D eigenvalue weighted by molar-refractivity contribution is 5.87. The van der Waals surface area contributed by atoms with Gasteiger partial charge < -0.3 is 14.4 Å². The van der Waals surface area contributed by atoms with Crippen LogP contribution in [0.2, 0.25) is 0 Å². The number of anilines is 1. The molecule has 0 aliphatic heterocycles. The Balaban J connectivity index is 2.69. The maximum absolute atomic E-state index is 14.0. The number of nitrogens with zero attached hydrogens (tertiary/aromatic N) is 1. The highest BCUT2D eigenvalue weighted by Gasteiger charge is 2.46. The van der Waals surface area contributed by atoms with Crippen LogP contribution < -0.4 is 9.64 Å². The van der Waals surface area contributed by atoms with Gasteiger partial charge in [0.15, 0.2) is 5.54 Å². The molecule has 0 spiro atoms. The van der Waals surface area contributed by atoms with Crippen molar-refractivity contribution in [3.05, 3.63) is 72.6 Å². The minimum atomic E-state index is -1.22. The summed E-state index contributed by atoms with van der Waals surface area (Å²) >= 11 is 0. The van der Waals surface area contributed by atoms with Gasteiger partial charge >= 0.3 is 5.97 Å². The molecule has 0 heterocycles. The zero-order chi connectivity index (χ0) is 19.2. The van der Waals surface area contributed by atoms with Gasteiger partial charge in [0, 0.05) is 18.7 Å². The summed E-state index contributed by atoms with van der Waals surface area (Å²) in [5.41, 5.74) is 0.0915. The summed E-state index contributed by atoms with van der Waals surface area (Å²) in [5, 5.41) is 0. The molecular formula is C21H24FNO3. The molecule has 0 aromatic heterocycles. The number of hydrogen-bond acceptors (Lipinski definition) is 4. The van der Waals surface area contributed by atoms with E-state index in [-0.39, 0.29) is 6.42 Å². The van der Waals surface area contributed by atoms with Crippen molar-refractivity contribution in [1.29, 1.82) is 0 Å². The molecule has 4 nitrogen and oxygen atoms in total. The minimum Gasteiger partial charge on any atom is -0.497 e. The first kappa shape index (κ1) is 19.5. The Morgan fingerprint density at radius 3 is 2.42 bits per heavy atom. The average molecular weight is 357 g/mol. The highest BCUT2D eigenvalue weighted by atomic mass is 19.1. The van der Waals surface area contributed by atoms with Crippen LogP contribution >= 0.6 is 0 Å². The van der Waals surface area contributed by atoms with E-state index in [2.05, 4.69) is 6.58 Å². The molecule has 5 heteroatoms. The number of ether oxygens (including phenoxy) is 2. The van der Waals surface area contributed by atoms with E-state index >= 15 is 0 Å². The van der Waals surface area contributed by atoms with Gasteiger partial charge in [0.1, 0.15) is 11.6 Å². The lowest BCUT2D eigenvalue weighted by molar-refractivity contribution is -0.147. The smallest absolute Gasteiger partial charge is 0.336 e. The van der Waals surface area contributed by atoms with Crippen molar-refractivity contribution in [1.82, 2.24) is 0 Å². The van der Waals surface area contributed by atoms with E-state index in [0.29, 0.717) is 17.9 Å². The van der Waals surface area contributed by atoms with Crippen molar-refractivity contribution in [2.45, 2.75) is 18.9 Å². The summed E-state index contributed by atoms with van der Waals surface area (Å²) in [6.45, 7) is 6.24. The van der Waals surface area contributed by atoms with E-state index in [1.165, 1.54) is 19.2 Å². The maximum Gasteiger partial charge on any atom is 0.336 e. The predicted molar refractivity (Wildman–Crippen MR) is 101 cm³/mol. The minimum absolute atomic E-state index is 0.267. The molecule has 0 amide bonds. The number of carbonyl (C=O) groups excluding carboxylic acids is 1. The normalized spacial score (nSPS) is 12.8. The monoisotopic (exact) mass is 357 g/mol. The third-order valence-electron chi connectivity index (χ3n) is 4.43. The number of esters is 1. The molecule has 0 bridgehead atoms. The van der Waals surface area contributed by atoms with Gasteiger partial charge in [-0.05, 0) is 48.9 Å². The molecule has 138 valence electrons. The number of methoxy groups -OCH3 is 2. The Kier molecular flexibility index (Phi) is 6.39. The first-order chi connectivity index (χ1) is 12.5. The second-order valence-electron chi connectivity index (χ2n) is 5.80. The van der Waals surface area contributed by atoms with Crippen LogP contribution in [0, 0.1) is 5.82 Å². The van der Waals surface area contributed by atoms with Gasteiger partial charge in [-0.25, -0.2) is 9.18 Å². The topological polar surface area (TPSA) is 38.8 Å². The van der Waals surface area contributed by atoms with Crippen molar-refractivity contribution in [3.8, 4) is 5.75 Å². The fourth-order valence-corrected chi connectivity index (χ4v) is 3.25.